The minimum atomic E-state index is -3.71. The van der Waals surface area contributed by atoms with Crippen molar-refractivity contribution in [3.8, 4) is 5.75 Å². The fourth-order valence-corrected chi connectivity index (χ4v) is 5.33. The lowest BCUT2D eigenvalue weighted by Gasteiger charge is -2.33. The number of hydrogen-bond donors (Lipinski definition) is 0. The highest BCUT2D eigenvalue weighted by molar-refractivity contribution is 7.89. The Labute approximate surface area is 178 Å². The molecule has 10 heteroatoms. The molecule has 1 aliphatic heterocycles. The summed E-state index contributed by atoms with van der Waals surface area (Å²) in [5.74, 6) is 0.858. The summed E-state index contributed by atoms with van der Waals surface area (Å²) in [6, 6.07) is 9.89. The lowest BCUT2D eigenvalue weighted by molar-refractivity contribution is 0.169. The minimum Gasteiger partial charge on any atom is -0.495 e. The molecule has 0 spiro atoms. The normalized spacial score (nSPS) is 16.4. The van der Waals surface area contributed by atoms with E-state index in [1.165, 1.54) is 17.5 Å². The standard InChI is InChI=1S/C19H19Cl2N3O4S/c1-27-17-5-3-14(21)11-18(17)29(25,26)24-8-6-23(7-9-24)12-19-22-15-10-13(20)2-4-16(15)28-19/h2-5,10-11H,6-9,12H2,1H3. The lowest BCUT2D eigenvalue weighted by atomic mass is 10.3. The Balaban J connectivity index is 1.45. The third-order valence-electron chi connectivity index (χ3n) is 4.83. The largest absolute Gasteiger partial charge is 0.495 e. The van der Waals surface area contributed by atoms with Crippen molar-refractivity contribution >= 4 is 44.3 Å². The maximum atomic E-state index is 13.1. The molecule has 2 aromatic carbocycles. The van der Waals surface area contributed by atoms with Crippen LogP contribution >= 0.6 is 23.2 Å². The number of sulfonamides is 1. The van der Waals surface area contributed by atoms with Crippen molar-refractivity contribution in [2.75, 3.05) is 33.3 Å². The third kappa shape index (κ3) is 4.22. The maximum absolute atomic E-state index is 13.1. The number of ether oxygens (including phenoxy) is 1. The van der Waals surface area contributed by atoms with Crippen molar-refractivity contribution in [2.24, 2.45) is 0 Å². The summed E-state index contributed by atoms with van der Waals surface area (Å²) in [6.45, 7) is 2.32. The Kier molecular flexibility index (Phi) is 5.72. The highest BCUT2D eigenvalue weighted by atomic mass is 35.5. The van der Waals surface area contributed by atoms with Gasteiger partial charge in [0.25, 0.3) is 0 Å². The zero-order chi connectivity index (χ0) is 20.6. The van der Waals surface area contributed by atoms with Gasteiger partial charge in [0.05, 0.1) is 13.7 Å². The molecule has 0 atom stereocenters. The van der Waals surface area contributed by atoms with Gasteiger partial charge in [-0.05, 0) is 36.4 Å². The molecule has 4 rings (SSSR count). The van der Waals surface area contributed by atoms with E-state index in [1.807, 2.05) is 0 Å². The van der Waals surface area contributed by atoms with Crippen LogP contribution in [0.15, 0.2) is 45.7 Å². The van der Waals surface area contributed by atoms with Gasteiger partial charge in [0.15, 0.2) is 5.58 Å². The van der Waals surface area contributed by atoms with Crippen LogP contribution in [0, 0.1) is 0 Å². The van der Waals surface area contributed by atoms with Crippen molar-refractivity contribution in [3.05, 3.63) is 52.3 Å². The SMILES string of the molecule is COc1ccc(Cl)cc1S(=O)(=O)N1CCN(Cc2nc3cc(Cl)ccc3o2)CC1. The van der Waals surface area contributed by atoms with Crippen LogP contribution in [0.4, 0.5) is 0 Å². The first-order valence-electron chi connectivity index (χ1n) is 8.98. The van der Waals surface area contributed by atoms with E-state index in [2.05, 4.69) is 9.88 Å². The highest BCUT2D eigenvalue weighted by Crippen LogP contribution is 2.30. The lowest BCUT2D eigenvalue weighted by Crippen LogP contribution is -2.48. The zero-order valence-corrected chi connectivity index (χ0v) is 18.0. The molecule has 154 valence electrons. The number of methoxy groups -OCH3 is 1. The molecule has 0 unspecified atom stereocenters. The first-order chi connectivity index (χ1) is 13.9. The number of oxazole rings is 1. The van der Waals surface area contributed by atoms with Crippen LogP contribution in [-0.2, 0) is 16.6 Å². The maximum Gasteiger partial charge on any atom is 0.246 e. The Hall–Kier alpha value is -1.84. The fraction of sp³-hybridized carbons (Fsp3) is 0.316. The first-order valence-corrected chi connectivity index (χ1v) is 11.2. The van der Waals surface area contributed by atoms with E-state index in [4.69, 9.17) is 32.4 Å². The molecule has 7 nitrogen and oxygen atoms in total. The van der Waals surface area contributed by atoms with Crippen LogP contribution in [0.25, 0.3) is 11.1 Å². The van der Waals surface area contributed by atoms with Gasteiger partial charge in [0.2, 0.25) is 15.9 Å². The molecule has 2 heterocycles. The van der Waals surface area contributed by atoms with Crippen LogP contribution in [0.2, 0.25) is 10.0 Å². The molecule has 1 aliphatic rings. The van der Waals surface area contributed by atoms with Crippen LogP contribution in [0.5, 0.6) is 5.75 Å². The summed E-state index contributed by atoms with van der Waals surface area (Å²) >= 11 is 12.0. The number of rotatable bonds is 5. The van der Waals surface area contributed by atoms with Crippen molar-refractivity contribution in [1.29, 1.82) is 0 Å². The molecule has 1 fully saturated rings. The molecule has 0 saturated carbocycles. The monoisotopic (exact) mass is 455 g/mol. The quantitative estimate of drug-likeness (QED) is 0.584. The average molecular weight is 456 g/mol. The number of hydrogen-bond acceptors (Lipinski definition) is 6. The van der Waals surface area contributed by atoms with Gasteiger partial charge in [0, 0.05) is 36.2 Å². The summed E-state index contributed by atoms with van der Waals surface area (Å²) in [6.07, 6.45) is 0. The van der Waals surface area contributed by atoms with Crippen molar-refractivity contribution < 1.29 is 17.6 Å². The van der Waals surface area contributed by atoms with E-state index in [0.717, 1.165) is 0 Å². The van der Waals surface area contributed by atoms with E-state index in [9.17, 15) is 8.42 Å². The van der Waals surface area contributed by atoms with Crippen molar-refractivity contribution in [3.63, 3.8) is 0 Å². The Morgan fingerprint density at radius 2 is 1.76 bits per heavy atom. The number of benzene rings is 2. The number of nitrogens with zero attached hydrogens (tertiary/aromatic N) is 3. The Morgan fingerprint density at radius 1 is 1.07 bits per heavy atom. The predicted octanol–water partition coefficient (Wildman–Crippen LogP) is 3.65. The first kappa shape index (κ1) is 20.4. The van der Waals surface area contributed by atoms with E-state index in [0.29, 0.717) is 59.8 Å². The molecule has 0 bridgehead atoms. The second-order valence-electron chi connectivity index (χ2n) is 6.70. The van der Waals surface area contributed by atoms with Gasteiger partial charge >= 0.3 is 0 Å². The van der Waals surface area contributed by atoms with E-state index in [1.54, 1.807) is 30.3 Å². The molecule has 0 amide bonds. The van der Waals surface area contributed by atoms with Crippen LogP contribution in [0.3, 0.4) is 0 Å². The molecule has 3 aromatic rings. The molecule has 0 aliphatic carbocycles. The second kappa shape index (κ2) is 8.12. The third-order valence-corrected chi connectivity index (χ3v) is 7.22. The summed E-state index contributed by atoms with van der Waals surface area (Å²) in [5.41, 5.74) is 1.39. The number of halogens is 2. The van der Waals surface area contributed by atoms with Gasteiger partial charge in [-0.2, -0.15) is 4.31 Å². The molecule has 1 aromatic heterocycles. The van der Waals surface area contributed by atoms with E-state index >= 15 is 0 Å². The number of fused-ring (bicyclic) bond motifs is 1. The van der Waals surface area contributed by atoms with Crippen LogP contribution in [0.1, 0.15) is 5.89 Å². The van der Waals surface area contributed by atoms with Crippen molar-refractivity contribution in [2.45, 2.75) is 11.4 Å². The summed E-state index contributed by atoms with van der Waals surface area (Å²) < 4.78 is 38.5. The fourth-order valence-electron chi connectivity index (χ4n) is 3.33. The molecular weight excluding hydrogens is 437 g/mol. The molecular formula is C19H19Cl2N3O4S. The summed E-state index contributed by atoms with van der Waals surface area (Å²) in [7, 11) is -2.27. The van der Waals surface area contributed by atoms with E-state index < -0.39 is 10.0 Å². The summed E-state index contributed by atoms with van der Waals surface area (Å²) in [5, 5.41) is 0.951. The zero-order valence-electron chi connectivity index (χ0n) is 15.6. The van der Waals surface area contributed by atoms with Gasteiger partial charge in [-0.25, -0.2) is 13.4 Å². The smallest absolute Gasteiger partial charge is 0.246 e. The minimum absolute atomic E-state index is 0.0804. The number of aromatic nitrogens is 1. The van der Waals surface area contributed by atoms with Gasteiger partial charge in [-0.15, -0.1) is 0 Å². The highest BCUT2D eigenvalue weighted by Gasteiger charge is 2.31. The van der Waals surface area contributed by atoms with Crippen molar-refractivity contribution in [1.82, 2.24) is 14.2 Å². The second-order valence-corrected chi connectivity index (χ2v) is 9.47. The predicted molar refractivity (Wildman–Crippen MR) is 111 cm³/mol. The molecule has 0 radical (unpaired) electrons. The van der Waals surface area contributed by atoms with Gasteiger partial charge < -0.3 is 9.15 Å². The van der Waals surface area contributed by atoms with Crippen LogP contribution in [-0.4, -0.2) is 55.9 Å². The average Bonchev–Trinajstić information content (AvgIpc) is 3.09. The van der Waals surface area contributed by atoms with Gasteiger partial charge in [0.1, 0.15) is 16.2 Å². The van der Waals surface area contributed by atoms with Gasteiger partial charge in [-0.1, -0.05) is 23.2 Å². The number of piperazine rings is 1. The molecule has 29 heavy (non-hydrogen) atoms. The Morgan fingerprint density at radius 3 is 2.48 bits per heavy atom. The topological polar surface area (TPSA) is 75.9 Å². The van der Waals surface area contributed by atoms with Gasteiger partial charge in [-0.3, -0.25) is 4.90 Å². The summed E-state index contributed by atoms with van der Waals surface area (Å²) in [4.78, 5) is 6.64. The molecule has 0 N–H and O–H groups in total. The molecule has 1 saturated heterocycles. The Bertz CT molecular complexity index is 1140. The van der Waals surface area contributed by atoms with Crippen LogP contribution < -0.4 is 4.74 Å². The van der Waals surface area contributed by atoms with E-state index in [-0.39, 0.29) is 10.6 Å².